The van der Waals surface area contributed by atoms with Crippen LogP contribution in [-0.4, -0.2) is 27.3 Å². The van der Waals surface area contributed by atoms with Gasteiger partial charge < -0.3 is 10.5 Å². The molecular formula is C20H21F2N2O3S+. The molecule has 0 saturated carbocycles. The highest BCUT2D eigenvalue weighted by Gasteiger charge is 2.42. The SMILES string of the molecule is CCS(=O)(=O)[N+]1(c2ccc(Oc3ccc(F)cc3F)cc2)C=C(CN)C=CC1. The molecule has 1 atom stereocenters. The van der Waals surface area contributed by atoms with Crippen LogP contribution in [0, 0.1) is 11.6 Å². The molecule has 2 aromatic rings. The molecule has 1 unspecified atom stereocenters. The number of benzene rings is 2. The second-order valence-corrected chi connectivity index (χ2v) is 8.72. The summed E-state index contributed by atoms with van der Waals surface area (Å²) in [5.41, 5.74) is 6.95. The molecule has 0 aliphatic carbocycles. The Bertz CT molecular complexity index is 1030. The van der Waals surface area contributed by atoms with Crippen molar-refractivity contribution < 1.29 is 21.9 Å². The lowest BCUT2D eigenvalue weighted by Gasteiger charge is -2.34. The van der Waals surface area contributed by atoms with E-state index in [0.717, 1.165) is 17.7 Å². The van der Waals surface area contributed by atoms with E-state index in [4.69, 9.17) is 10.5 Å². The van der Waals surface area contributed by atoms with E-state index in [1.54, 1.807) is 43.5 Å². The van der Waals surface area contributed by atoms with Crippen molar-refractivity contribution in [3.05, 3.63) is 78.0 Å². The molecule has 0 spiro atoms. The molecule has 0 aromatic heterocycles. The minimum Gasteiger partial charge on any atom is -0.454 e. The van der Waals surface area contributed by atoms with Crippen molar-refractivity contribution in [2.24, 2.45) is 5.73 Å². The summed E-state index contributed by atoms with van der Waals surface area (Å²) in [6, 6.07) is 9.37. The number of rotatable bonds is 6. The lowest BCUT2D eigenvalue weighted by atomic mass is 10.2. The van der Waals surface area contributed by atoms with Crippen LogP contribution in [0.2, 0.25) is 0 Å². The maximum Gasteiger partial charge on any atom is 0.306 e. The van der Waals surface area contributed by atoms with E-state index in [2.05, 4.69) is 0 Å². The number of nitrogens with two attached hydrogens (primary N) is 1. The van der Waals surface area contributed by atoms with E-state index in [-0.39, 0.29) is 28.5 Å². The highest BCUT2D eigenvalue weighted by atomic mass is 32.2. The third-order valence-electron chi connectivity index (χ3n) is 4.58. The van der Waals surface area contributed by atoms with Crippen LogP contribution in [0.3, 0.4) is 0 Å². The third-order valence-corrected chi connectivity index (χ3v) is 6.76. The number of sulfonamides is 1. The van der Waals surface area contributed by atoms with Crippen molar-refractivity contribution >= 4 is 15.7 Å². The van der Waals surface area contributed by atoms with Crippen LogP contribution in [0.1, 0.15) is 6.92 Å². The largest absolute Gasteiger partial charge is 0.454 e. The Hall–Kier alpha value is -2.55. The second kappa shape index (κ2) is 7.83. The molecule has 28 heavy (non-hydrogen) atoms. The highest BCUT2D eigenvalue weighted by molar-refractivity contribution is 7.91. The molecule has 1 aliphatic rings. The Morgan fingerprint density at radius 1 is 1.14 bits per heavy atom. The Balaban J connectivity index is 1.97. The van der Waals surface area contributed by atoms with Gasteiger partial charge in [-0.05, 0) is 37.3 Å². The van der Waals surface area contributed by atoms with Crippen molar-refractivity contribution in [2.45, 2.75) is 6.92 Å². The fourth-order valence-electron chi connectivity index (χ4n) is 3.06. The monoisotopic (exact) mass is 407 g/mol. The molecule has 148 valence electrons. The van der Waals surface area contributed by atoms with Crippen LogP contribution in [0.4, 0.5) is 14.5 Å². The van der Waals surface area contributed by atoms with Gasteiger partial charge in [-0.2, -0.15) is 12.3 Å². The first-order valence-electron chi connectivity index (χ1n) is 8.74. The number of halogens is 2. The zero-order valence-corrected chi connectivity index (χ0v) is 16.1. The highest BCUT2D eigenvalue weighted by Crippen LogP contribution is 2.35. The fraction of sp³-hybridized carbons (Fsp3) is 0.200. The number of hydrogen-bond donors (Lipinski definition) is 1. The summed E-state index contributed by atoms with van der Waals surface area (Å²) in [5, 5.41) is 0. The average Bonchev–Trinajstić information content (AvgIpc) is 2.70. The first kappa shape index (κ1) is 20.2. The summed E-state index contributed by atoms with van der Waals surface area (Å²) in [6.07, 6.45) is 5.25. The summed E-state index contributed by atoms with van der Waals surface area (Å²) >= 11 is 0. The summed E-state index contributed by atoms with van der Waals surface area (Å²) in [4.78, 5) is 0. The molecule has 2 N–H and O–H groups in total. The molecule has 5 nitrogen and oxygen atoms in total. The van der Waals surface area contributed by atoms with Crippen molar-refractivity contribution in [1.82, 2.24) is 3.89 Å². The lowest BCUT2D eigenvalue weighted by Crippen LogP contribution is -2.51. The third kappa shape index (κ3) is 3.71. The Labute approximate surface area is 163 Å². The van der Waals surface area contributed by atoms with Gasteiger partial charge in [0.25, 0.3) is 0 Å². The average molecular weight is 407 g/mol. The van der Waals surface area contributed by atoms with Gasteiger partial charge in [-0.1, -0.05) is 6.08 Å². The molecule has 1 aliphatic heterocycles. The van der Waals surface area contributed by atoms with Gasteiger partial charge in [0.15, 0.2) is 17.3 Å². The molecule has 0 saturated heterocycles. The van der Waals surface area contributed by atoms with Gasteiger partial charge in [0, 0.05) is 30.3 Å². The van der Waals surface area contributed by atoms with Crippen LogP contribution >= 0.6 is 0 Å². The van der Waals surface area contributed by atoms with Crippen molar-refractivity contribution in [2.75, 3.05) is 18.8 Å². The minimum absolute atomic E-state index is 0.0474. The number of quaternary nitrogens is 1. The summed E-state index contributed by atoms with van der Waals surface area (Å²) in [6.45, 7) is 2.06. The molecule has 0 amide bonds. The van der Waals surface area contributed by atoms with E-state index in [1.165, 1.54) is 6.07 Å². The maximum absolute atomic E-state index is 13.8. The van der Waals surface area contributed by atoms with E-state index in [0.29, 0.717) is 11.4 Å². The minimum atomic E-state index is -3.55. The molecule has 8 heteroatoms. The smallest absolute Gasteiger partial charge is 0.306 e. The predicted octanol–water partition coefficient (Wildman–Crippen LogP) is 3.83. The van der Waals surface area contributed by atoms with Crippen molar-refractivity contribution in [1.29, 1.82) is 0 Å². The Kier molecular flexibility index (Phi) is 5.64. The van der Waals surface area contributed by atoms with Gasteiger partial charge in [0.05, 0.1) is 5.75 Å². The van der Waals surface area contributed by atoms with Gasteiger partial charge in [0.2, 0.25) is 0 Å². The lowest BCUT2D eigenvalue weighted by molar-refractivity contribution is 0.437. The first-order chi connectivity index (χ1) is 13.3. The molecule has 0 fully saturated rings. The second-order valence-electron chi connectivity index (χ2n) is 6.33. The normalized spacial score (nSPS) is 19.4. The Morgan fingerprint density at radius 2 is 1.86 bits per heavy atom. The van der Waals surface area contributed by atoms with E-state index < -0.39 is 21.7 Å². The van der Waals surface area contributed by atoms with Gasteiger partial charge in [-0.3, -0.25) is 0 Å². The molecule has 2 aromatic carbocycles. The van der Waals surface area contributed by atoms with Crippen LogP contribution in [-0.2, 0) is 10.0 Å². The summed E-state index contributed by atoms with van der Waals surface area (Å²) < 4.78 is 57.7. The maximum atomic E-state index is 13.8. The van der Waals surface area contributed by atoms with E-state index >= 15 is 0 Å². The predicted molar refractivity (Wildman–Crippen MR) is 105 cm³/mol. The molecular weight excluding hydrogens is 386 g/mol. The van der Waals surface area contributed by atoms with Crippen LogP contribution in [0.5, 0.6) is 11.5 Å². The number of ether oxygens (including phenoxy) is 1. The zero-order chi connectivity index (χ0) is 20.4. The standard InChI is InChI=1S/C20H21F2N2O3S/c1-2-28(25,26)24(11-3-4-15(13-23)14-24)17-6-8-18(9-7-17)27-20-10-5-16(21)12-19(20)22/h3-10,12,14H,2,11,13,23H2,1H3/q+1. The summed E-state index contributed by atoms with van der Waals surface area (Å²) in [5.74, 6) is -1.38. The first-order valence-corrected chi connectivity index (χ1v) is 10.3. The van der Waals surface area contributed by atoms with Gasteiger partial charge in [-0.15, -0.1) is 0 Å². The van der Waals surface area contributed by atoms with Crippen LogP contribution in [0.15, 0.2) is 66.4 Å². The van der Waals surface area contributed by atoms with Crippen molar-refractivity contribution in [3.8, 4) is 11.5 Å². The Morgan fingerprint density at radius 3 is 2.46 bits per heavy atom. The molecule has 1 heterocycles. The summed E-state index contributed by atoms with van der Waals surface area (Å²) in [7, 11) is -3.55. The van der Waals surface area contributed by atoms with Crippen molar-refractivity contribution in [3.63, 3.8) is 0 Å². The molecule has 0 bridgehead atoms. The molecule has 3 rings (SSSR count). The quantitative estimate of drug-likeness (QED) is 0.739. The zero-order valence-electron chi connectivity index (χ0n) is 15.3. The van der Waals surface area contributed by atoms with Gasteiger partial charge >= 0.3 is 10.0 Å². The van der Waals surface area contributed by atoms with E-state index in [9.17, 15) is 17.2 Å². The van der Waals surface area contributed by atoms with Crippen LogP contribution in [0.25, 0.3) is 0 Å². The fourth-order valence-corrected chi connectivity index (χ4v) is 4.57. The van der Waals surface area contributed by atoms with Crippen LogP contribution < -0.4 is 14.4 Å². The van der Waals surface area contributed by atoms with Gasteiger partial charge in [-0.25, -0.2) is 8.78 Å². The number of nitrogens with zero attached hydrogens (tertiary/aromatic N) is 1. The number of hydrogen-bond acceptors (Lipinski definition) is 4. The molecule has 0 radical (unpaired) electrons. The van der Waals surface area contributed by atoms with Gasteiger partial charge in [0.1, 0.15) is 24.3 Å². The topological polar surface area (TPSA) is 69.4 Å². The van der Waals surface area contributed by atoms with E-state index in [1.807, 2.05) is 6.08 Å².